The minimum absolute atomic E-state index is 0.0152. The summed E-state index contributed by atoms with van der Waals surface area (Å²) in [6.45, 7) is 1.66. The molecule has 3 N–H and O–H groups in total. The van der Waals surface area contributed by atoms with Gasteiger partial charge in [0.05, 0.1) is 15.7 Å². The van der Waals surface area contributed by atoms with Gasteiger partial charge in [-0.15, -0.1) is 17.5 Å². The van der Waals surface area contributed by atoms with Gasteiger partial charge in [-0.25, -0.2) is 16.8 Å². The molecule has 14 nitrogen and oxygen atoms in total. The predicted octanol–water partition coefficient (Wildman–Crippen LogP) is 5.45. The number of rotatable bonds is 9. The summed E-state index contributed by atoms with van der Waals surface area (Å²) in [7, 11) is -15.2. The summed E-state index contributed by atoms with van der Waals surface area (Å²) in [6.07, 6.45) is 0.0450. The van der Waals surface area contributed by atoms with E-state index in [4.69, 9.17) is 4.18 Å². The van der Waals surface area contributed by atoms with Gasteiger partial charge in [0.2, 0.25) is 0 Å². The molecule has 6 aromatic carbocycles. The van der Waals surface area contributed by atoms with Crippen molar-refractivity contribution in [2.75, 3.05) is 12.1 Å². The van der Waals surface area contributed by atoms with Crippen LogP contribution in [0.25, 0.3) is 11.1 Å². The smallest absolute Gasteiger partial charge is 0.339 e. The third kappa shape index (κ3) is 9.45. The van der Waals surface area contributed by atoms with Crippen molar-refractivity contribution in [1.82, 2.24) is 5.32 Å². The van der Waals surface area contributed by atoms with Crippen molar-refractivity contribution in [3.05, 3.63) is 159 Å². The molecule has 0 radical (unpaired) electrons. The van der Waals surface area contributed by atoms with Crippen LogP contribution in [0.2, 0.25) is 0 Å². The zero-order valence-electron chi connectivity index (χ0n) is 32.9. The van der Waals surface area contributed by atoms with Gasteiger partial charge in [-0.3, -0.25) is 4.79 Å². The van der Waals surface area contributed by atoms with E-state index in [0.29, 0.717) is 22.6 Å². The van der Waals surface area contributed by atoms with E-state index < -0.39 is 76.1 Å². The first kappa shape index (κ1) is 44.2. The van der Waals surface area contributed by atoms with Gasteiger partial charge in [-0.2, -0.15) is 8.42 Å². The number of hydrogen-bond donors (Lipinski definition) is 3. The molecule has 0 heterocycles. The molecule has 1 amide bonds. The van der Waals surface area contributed by atoms with E-state index in [1.54, 1.807) is 43.5 Å². The Morgan fingerprint density at radius 2 is 1.08 bits per heavy atom. The lowest BCUT2D eigenvalue weighted by Gasteiger charge is -2.24. The molecule has 6 aromatic rings. The number of aromatic hydroxyl groups is 2. The van der Waals surface area contributed by atoms with E-state index in [2.05, 4.69) is 5.32 Å². The molecule has 7 rings (SSSR count). The SMILES string of the molecule is CSCNC(=O)c1ccc(S(=O)(=O)Oc2c3cc(-c4ccccc4)cc2Cc2cc(S(=O)(=O)[O-])cc(c2O)Cc2cc(C)cc(c2[O-])Cc2cc(S(=O)(=O)[O-])cc(c2O)C3)cc1. The molecule has 8 bridgehead atoms. The number of phenols is 2. The van der Waals surface area contributed by atoms with Crippen molar-refractivity contribution in [2.45, 2.75) is 47.3 Å². The Bertz CT molecular complexity index is 2960. The van der Waals surface area contributed by atoms with Crippen molar-refractivity contribution in [3.63, 3.8) is 0 Å². The number of phenolic OH excluding ortho intramolecular Hbond substituents is 2. The Hall–Kier alpha value is -5.89. The standard InChI is InChI=1S/C44H39NO13S4/c1-25-12-29-16-31-20-38(60(50,51)52)22-33(41(31)47)18-35-14-28(26-6-4-3-5-7-26)15-36(43(35)58-62(56,57)37-10-8-27(9-11-37)44(49)45-24-59-2)19-34-23-39(61(53,54)55)21-32(42(34)48)17-30(13-25)40(29)46/h3-15,20-23,46-48H,16-19,24H2,1-2H3,(H,45,49)(H,50,51,52)(H,53,54,55)/p-3. The summed E-state index contributed by atoms with van der Waals surface area (Å²) >= 11 is 1.36. The predicted molar refractivity (Wildman–Crippen MR) is 226 cm³/mol. The second-order valence-corrected chi connectivity index (χ2v) is 19.9. The van der Waals surface area contributed by atoms with Crippen LogP contribution in [0.3, 0.4) is 0 Å². The normalized spacial score (nSPS) is 13.0. The molecule has 0 spiro atoms. The Morgan fingerprint density at radius 3 is 1.52 bits per heavy atom. The monoisotopic (exact) mass is 914 g/mol. The van der Waals surface area contributed by atoms with Crippen molar-refractivity contribution >= 4 is 48.0 Å². The first-order chi connectivity index (χ1) is 29.2. The van der Waals surface area contributed by atoms with Gasteiger partial charge in [0.25, 0.3) is 5.91 Å². The molecule has 0 atom stereocenters. The van der Waals surface area contributed by atoms with E-state index in [1.165, 1.54) is 48.2 Å². The molecule has 1 aliphatic rings. The average Bonchev–Trinajstić information content (AvgIpc) is 3.21. The number of nitrogens with one attached hydrogen (secondary N) is 1. The fourth-order valence-electron chi connectivity index (χ4n) is 7.39. The van der Waals surface area contributed by atoms with Crippen LogP contribution in [0.1, 0.15) is 60.4 Å². The summed E-state index contributed by atoms with van der Waals surface area (Å²) in [5.41, 5.74) is 1.28. The van der Waals surface area contributed by atoms with Crippen LogP contribution in [0.5, 0.6) is 23.0 Å². The van der Waals surface area contributed by atoms with Gasteiger partial charge >= 0.3 is 10.1 Å². The summed E-state index contributed by atoms with van der Waals surface area (Å²) in [4.78, 5) is 10.7. The molecule has 62 heavy (non-hydrogen) atoms. The number of carbonyl (C=O) groups is 1. The fourth-order valence-corrected chi connectivity index (χ4v) is 9.81. The van der Waals surface area contributed by atoms with Crippen LogP contribution in [0, 0.1) is 6.92 Å². The summed E-state index contributed by atoms with van der Waals surface area (Å²) in [5, 5.41) is 40.3. The van der Waals surface area contributed by atoms with Crippen molar-refractivity contribution in [3.8, 4) is 34.1 Å². The molecular weight excluding hydrogens is 879 g/mol. The van der Waals surface area contributed by atoms with E-state index >= 15 is 0 Å². The molecule has 0 fully saturated rings. The quantitative estimate of drug-likeness (QED) is 0.0926. The van der Waals surface area contributed by atoms with Gasteiger partial charge in [-0.1, -0.05) is 59.2 Å². The lowest BCUT2D eigenvalue weighted by molar-refractivity contribution is -0.270. The van der Waals surface area contributed by atoms with E-state index in [0.717, 1.165) is 36.4 Å². The number of amides is 1. The molecule has 18 heteroatoms. The molecule has 0 saturated carbocycles. The molecule has 0 aliphatic heterocycles. The topological polar surface area (TPSA) is 250 Å². The molecule has 1 aliphatic carbocycles. The fraction of sp³-hybridized carbons (Fsp3) is 0.159. The van der Waals surface area contributed by atoms with E-state index in [1.807, 2.05) is 0 Å². The van der Waals surface area contributed by atoms with Crippen molar-refractivity contribution < 1.29 is 58.7 Å². The highest BCUT2D eigenvalue weighted by Crippen LogP contribution is 2.42. The maximum atomic E-state index is 14.2. The Morgan fingerprint density at radius 1 is 0.629 bits per heavy atom. The third-order valence-corrected chi connectivity index (χ3v) is 13.6. The molecule has 0 unspecified atom stereocenters. The molecule has 0 aromatic heterocycles. The van der Waals surface area contributed by atoms with Gasteiger partial charge in [0.15, 0.2) is 0 Å². The van der Waals surface area contributed by atoms with E-state index in [9.17, 15) is 54.5 Å². The third-order valence-electron chi connectivity index (χ3n) is 10.3. The van der Waals surface area contributed by atoms with Gasteiger partial charge in [0.1, 0.15) is 42.4 Å². The highest BCUT2D eigenvalue weighted by Gasteiger charge is 2.27. The molecular formula is C44H36NO13S4-3. The molecule has 0 saturated heterocycles. The second kappa shape index (κ2) is 17.1. The minimum atomic E-state index is -5.18. The zero-order chi connectivity index (χ0) is 44.7. The summed E-state index contributed by atoms with van der Waals surface area (Å²) in [6, 6.07) is 23.4. The molecule has 322 valence electrons. The maximum Gasteiger partial charge on any atom is 0.339 e. The minimum Gasteiger partial charge on any atom is -0.872 e. The van der Waals surface area contributed by atoms with Crippen LogP contribution in [-0.4, -0.2) is 62.6 Å². The van der Waals surface area contributed by atoms with Gasteiger partial charge in [-0.05, 0) is 107 Å². The second-order valence-electron chi connectivity index (χ2n) is 14.7. The summed E-state index contributed by atoms with van der Waals surface area (Å²) < 4.78 is 110. The Balaban J connectivity index is 1.53. The number of carbonyl (C=O) groups excluding carboxylic acids is 1. The zero-order valence-corrected chi connectivity index (χ0v) is 36.1. The summed E-state index contributed by atoms with van der Waals surface area (Å²) in [5.74, 6) is -2.11. The maximum absolute atomic E-state index is 14.2. The number of hydrogen-bond acceptors (Lipinski definition) is 14. The first-order valence-electron chi connectivity index (χ1n) is 18.7. The number of fused-ring (bicyclic) bond motifs is 8. The number of benzene rings is 6. The van der Waals surface area contributed by atoms with Crippen LogP contribution >= 0.6 is 11.8 Å². The average molecular weight is 915 g/mol. The highest BCUT2D eigenvalue weighted by molar-refractivity contribution is 7.98. The van der Waals surface area contributed by atoms with Crippen LogP contribution in [-0.2, 0) is 56.0 Å². The van der Waals surface area contributed by atoms with Gasteiger partial charge < -0.3 is 33.9 Å². The first-order valence-corrected chi connectivity index (χ1v) is 24.3. The number of aryl methyl sites for hydroxylation is 1. The van der Waals surface area contributed by atoms with Crippen molar-refractivity contribution in [1.29, 1.82) is 0 Å². The van der Waals surface area contributed by atoms with Gasteiger partial charge in [0, 0.05) is 42.4 Å². The van der Waals surface area contributed by atoms with Crippen molar-refractivity contribution in [2.24, 2.45) is 0 Å². The lowest BCUT2D eigenvalue weighted by Crippen LogP contribution is -2.22. The highest BCUT2D eigenvalue weighted by atomic mass is 32.2. The Kier molecular flexibility index (Phi) is 12.2. The van der Waals surface area contributed by atoms with Crippen LogP contribution < -0.4 is 14.6 Å². The van der Waals surface area contributed by atoms with Crippen LogP contribution in [0.15, 0.2) is 118 Å². The Labute approximate surface area is 362 Å². The lowest BCUT2D eigenvalue weighted by atomic mass is 9.89. The largest absolute Gasteiger partial charge is 0.872 e. The van der Waals surface area contributed by atoms with Crippen LogP contribution in [0.4, 0.5) is 0 Å². The number of thioether (sulfide) groups is 1. The van der Waals surface area contributed by atoms with E-state index in [-0.39, 0.29) is 73.6 Å².